The number of piperazine rings is 1. The number of amides is 1. The van der Waals surface area contributed by atoms with Gasteiger partial charge in [0.15, 0.2) is 5.76 Å². The van der Waals surface area contributed by atoms with Crippen molar-refractivity contribution in [2.75, 3.05) is 26.2 Å². The van der Waals surface area contributed by atoms with E-state index in [2.05, 4.69) is 9.88 Å². The van der Waals surface area contributed by atoms with Gasteiger partial charge in [-0.3, -0.25) is 9.69 Å². The molecule has 0 radical (unpaired) electrons. The first-order valence-electron chi connectivity index (χ1n) is 9.93. The van der Waals surface area contributed by atoms with Crippen molar-refractivity contribution in [3.05, 3.63) is 77.8 Å². The Morgan fingerprint density at radius 2 is 1.76 bits per heavy atom. The highest BCUT2D eigenvalue weighted by molar-refractivity contribution is 5.83. The number of rotatable bonds is 5. The summed E-state index contributed by atoms with van der Waals surface area (Å²) >= 11 is 0. The molecule has 1 saturated heterocycles. The van der Waals surface area contributed by atoms with Crippen molar-refractivity contribution >= 4 is 5.91 Å². The summed E-state index contributed by atoms with van der Waals surface area (Å²) in [6, 6.07) is 17.2. The van der Waals surface area contributed by atoms with Gasteiger partial charge in [-0.25, -0.2) is 4.98 Å². The monoisotopic (exact) mass is 390 g/mol. The van der Waals surface area contributed by atoms with Crippen LogP contribution in [0.1, 0.15) is 23.1 Å². The molecule has 150 valence electrons. The number of aryl methyl sites for hydroxylation is 1. The van der Waals surface area contributed by atoms with Crippen LogP contribution in [0.4, 0.5) is 0 Å². The largest absolute Gasteiger partial charge is 0.439 e. The van der Waals surface area contributed by atoms with Gasteiger partial charge in [-0.1, -0.05) is 60.2 Å². The van der Waals surface area contributed by atoms with E-state index < -0.39 is 6.04 Å². The van der Waals surface area contributed by atoms with E-state index in [9.17, 15) is 4.79 Å². The Morgan fingerprint density at radius 3 is 2.45 bits per heavy atom. The van der Waals surface area contributed by atoms with Crippen LogP contribution in [0.15, 0.2) is 65.2 Å². The van der Waals surface area contributed by atoms with E-state index in [0.29, 0.717) is 25.5 Å². The van der Waals surface area contributed by atoms with Crippen LogP contribution >= 0.6 is 0 Å². The maximum atomic E-state index is 12.8. The molecule has 1 aromatic heterocycles. The predicted octanol–water partition coefficient (Wildman–Crippen LogP) is 2.99. The molecule has 1 amide bonds. The average Bonchev–Trinajstić information content (AvgIpc) is 3.23. The summed E-state index contributed by atoms with van der Waals surface area (Å²) in [6.07, 6.45) is 1.77. The number of carbonyl (C=O) groups is 1. The maximum absolute atomic E-state index is 12.8. The van der Waals surface area contributed by atoms with Crippen LogP contribution in [0.3, 0.4) is 0 Å². The summed E-state index contributed by atoms with van der Waals surface area (Å²) in [5, 5.41) is 0. The third-order valence-corrected chi connectivity index (χ3v) is 5.36. The van der Waals surface area contributed by atoms with Crippen molar-refractivity contribution in [3.63, 3.8) is 0 Å². The topological polar surface area (TPSA) is 75.6 Å². The van der Waals surface area contributed by atoms with Gasteiger partial charge >= 0.3 is 0 Å². The first-order valence-corrected chi connectivity index (χ1v) is 9.93. The molecule has 2 aromatic carbocycles. The number of aromatic nitrogens is 1. The Kier molecular flexibility index (Phi) is 5.74. The van der Waals surface area contributed by atoms with Crippen LogP contribution in [0.2, 0.25) is 0 Å². The lowest BCUT2D eigenvalue weighted by molar-refractivity contribution is -0.134. The van der Waals surface area contributed by atoms with E-state index >= 15 is 0 Å². The van der Waals surface area contributed by atoms with Gasteiger partial charge in [-0.05, 0) is 12.5 Å². The Morgan fingerprint density at radius 1 is 1.07 bits per heavy atom. The lowest BCUT2D eigenvalue weighted by atomic mass is 10.0. The van der Waals surface area contributed by atoms with E-state index in [1.54, 1.807) is 6.20 Å². The molecule has 1 aliphatic rings. The lowest BCUT2D eigenvalue weighted by Crippen LogP contribution is -2.50. The maximum Gasteiger partial charge on any atom is 0.244 e. The zero-order chi connectivity index (χ0) is 20.2. The molecule has 1 fully saturated rings. The standard InChI is InChI=1S/C23H26N4O2/c1-17-7-9-19(10-8-17)22(24)23(28)27-13-11-26(12-14-27)16-21-25-15-20(29-21)18-5-3-2-4-6-18/h2-10,15,22H,11-14,16,24H2,1H3. The molecule has 1 aliphatic heterocycles. The molecule has 2 N–H and O–H groups in total. The molecular formula is C23H26N4O2. The second kappa shape index (κ2) is 8.59. The van der Waals surface area contributed by atoms with Crippen LogP contribution in [-0.2, 0) is 11.3 Å². The number of hydrogen-bond donors (Lipinski definition) is 1. The van der Waals surface area contributed by atoms with Gasteiger partial charge < -0.3 is 15.1 Å². The zero-order valence-corrected chi connectivity index (χ0v) is 16.6. The normalized spacial score (nSPS) is 16.0. The number of nitrogens with two attached hydrogens (primary N) is 1. The van der Waals surface area contributed by atoms with Crippen LogP contribution in [0.25, 0.3) is 11.3 Å². The first kappa shape index (κ1) is 19.4. The third kappa shape index (κ3) is 4.55. The minimum atomic E-state index is -0.609. The number of nitrogens with zero attached hydrogens (tertiary/aromatic N) is 3. The van der Waals surface area contributed by atoms with Crippen molar-refractivity contribution < 1.29 is 9.21 Å². The fraction of sp³-hybridized carbons (Fsp3) is 0.304. The van der Waals surface area contributed by atoms with E-state index in [4.69, 9.17) is 10.2 Å². The highest BCUT2D eigenvalue weighted by atomic mass is 16.4. The molecule has 0 bridgehead atoms. The van der Waals surface area contributed by atoms with Crippen molar-refractivity contribution in [1.82, 2.24) is 14.8 Å². The number of oxazole rings is 1. The first-order chi connectivity index (χ1) is 14.1. The number of benzene rings is 2. The van der Waals surface area contributed by atoms with E-state index in [1.807, 2.05) is 66.4 Å². The Labute approximate surface area is 170 Å². The predicted molar refractivity (Wildman–Crippen MR) is 112 cm³/mol. The van der Waals surface area contributed by atoms with Crippen LogP contribution in [0, 0.1) is 6.92 Å². The van der Waals surface area contributed by atoms with Crippen molar-refractivity contribution in [2.45, 2.75) is 19.5 Å². The van der Waals surface area contributed by atoms with Gasteiger partial charge in [-0.15, -0.1) is 0 Å². The molecule has 0 saturated carbocycles. The van der Waals surface area contributed by atoms with E-state index in [1.165, 1.54) is 0 Å². The average molecular weight is 390 g/mol. The third-order valence-electron chi connectivity index (χ3n) is 5.36. The van der Waals surface area contributed by atoms with Gasteiger partial charge in [0, 0.05) is 31.7 Å². The molecule has 29 heavy (non-hydrogen) atoms. The van der Waals surface area contributed by atoms with Gasteiger partial charge in [0.25, 0.3) is 0 Å². The van der Waals surface area contributed by atoms with Crippen molar-refractivity contribution in [2.24, 2.45) is 5.73 Å². The second-order valence-corrected chi connectivity index (χ2v) is 7.47. The van der Waals surface area contributed by atoms with Gasteiger partial charge in [-0.2, -0.15) is 0 Å². The van der Waals surface area contributed by atoms with Crippen LogP contribution < -0.4 is 5.73 Å². The highest BCUT2D eigenvalue weighted by Crippen LogP contribution is 2.21. The Balaban J connectivity index is 1.31. The molecule has 2 heterocycles. The fourth-order valence-corrected chi connectivity index (χ4v) is 3.55. The molecular weight excluding hydrogens is 364 g/mol. The molecule has 3 aromatic rings. The highest BCUT2D eigenvalue weighted by Gasteiger charge is 2.26. The molecule has 6 nitrogen and oxygen atoms in total. The van der Waals surface area contributed by atoms with Crippen molar-refractivity contribution in [1.29, 1.82) is 0 Å². The van der Waals surface area contributed by atoms with Crippen LogP contribution in [-0.4, -0.2) is 46.9 Å². The van der Waals surface area contributed by atoms with E-state index in [-0.39, 0.29) is 5.91 Å². The lowest BCUT2D eigenvalue weighted by Gasteiger charge is -2.35. The van der Waals surface area contributed by atoms with E-state index in [0.717, 1.165) is 35.5 Å². The smallest absolute Gasteiger partial charge is 0.244 e. The van der Waals surface area contributed by atoms with Gasteiger partial charge in [0.05, 0.1) is 12.7 Å². The Bertz CT molecular complexity index is 945. The molecule has 6 heteroatoms. The summed E-state index contributed by atoms with van der Waals surface area (Å²) in [5.74, 6) is 1.45. The fourth-order valence-electron chi connectivity index (χ4n) is 3.55. The molecule has 1 unspecified atom stereocenters. The molecule has 0 aliphatic carbocycles. The van der Waals surface area contributed by atoms with Crippen molar-refractivity contribution in [3.8, 4) is 11.3 Å². The Hall–Kier alpha value is -2.96. The summed E-state index contributed by atoms with van der Waals surface area (Å²) in [7, 11) is 0. The summed E-state index contributed by atoms with van der Waals surface area (Å²) < 4.78 is 5.90. The summed E-state index contributed by atoms with van der Waals surface area (Å²) in [5.41, 5.74) is 9.24. The molecule has 0 spiro atoms. The second-order valence-electron chi connectivity index (χ2n) is 7.47. The molecule has 1 atom stereocenters. The summed E-state index contributed by atoms with van der Waals surface area (Å²) in [4.78, 5) is 21.3. The molecule has 4 rings (SSSR count). The van der Waals surface area contributed by atoms with Gasteiger partial charge in [0.1, 0.15) is 6.04 Å². The zero-order valence-electron chi connectivity index (χ0n) is 16.6. The minimum Gasteiger partial charge on any atom is -0.439 e. The number of hydrogen-bond acceptors (Lipinski definition) is 5. The minimum absolute atomic E-state index is 0.0176. The van der Waals surface area contributed by atoms with Crippen LogP contribution in [0.5, 0.6) is 0 Å². The SMILES string of the molecule is Cc1ccc(C(N)C(=O)N2CCN(Cc3ncc(-c4ccccc4)o3)CC2)cc1. The summed E-state index contributed by atoms with van der Waals surface area (Å²) in [6.45, 7) is 5.52. The van der Waals surface area contributed by atoms with Gasteiger partial charge in [0.2, 0.25) is 11.8 Å². The quantitative estimate of drug-likeness (QED) is 0.725. The number of carbonyl (C=O) groups excluding carboxylic acids is 1.